The summed E-state index contributed by atoms with van der Waals surface area (Å²) in [6, 6.07) is 7.62. The average Bonchev–Trinajstić information content (AvgIpc) is 2.44. The van der Waals surface area contributed by atoms with Crippen LogP contribution in [0.1, 0.15) is 32.3 Å². The molecule has 1 aromatic rings. The molecule has 0 radical (unpaired) electrons. The molecule has 1 amide bonds. The Balaban J connectivity index is 2.69. The van der Waals surface area contributed by atoms with Gasteiger partial charge in [-0.25, -0.2) is 0 Å². The van der Waals surface area contributed by atoms with E-state index in [2.05, 4.69) is 24.1 Å². The van der Waals surface area contributed by atoms with Crippen molar-refractivity contribution in [3.63, 3.8) is 0 Å². The Hall–Kier alpha value is -1.88. The normalized spacial score (nSPS) is 10.6. The lowest BCUT2D eigenvalue weighted by Crippen LogP contribution is -2.23. The highest BCUT2D eigenvalue weighted by molar-refractivity contribution is 5.93. The van der Waals surface area contributed by atoms with Gasteiger partial charge in [-0.2, -0.15) is 0 Å². The lowest BCUT2D eigenvalue weighted by atomic mass is 10.1. The van der Waals surface area contributed by atoms with Crippen molar-refractivity contribution in [1.29, 1.82) is 0 Å². The van der Waals surface area contributed by atoms with Gasteiger partial charge in [-0.3, -0.25) is 14.5 Å². The zero-order valence-corrected chi connectivity index (χ0v) is 12.1. The highest BCUT2D eigenvalue weighted by Crippen LogP contribution is 2.17. The molecule has 1 aromatic carbocycles. The molecule has 20 heavy (non-hydrogen) atoms. The average molecular weight is 278 g/mol. The molecule has 0 bridgehead atoms. The van der Waals surface area contributed by atoms with Crippen molar-refractivity contribution >= 4 is 17.6 Å². The van der Waals surface area contributed by atoms with Crippen LogP contribution in [-0.4, -0.2) is 35.0 Å². The number of benzene rings is 1. The van der Waals surface area contributed by atoms with Crippen molar-refractivity contribution in [3.8, 4) is 0 Å². The fourth-order valence-corrected chi connectivity index (χ4v) is 1.90. The third-order valence-corrected chi connectivity index (χ3v) is 3.15. The Morgan fingerprint density at radius 3 is 2.40 bits per heavy atom. The Kier molecular flexibility index (Phi) is 6.73. The number of anilines is 1. The summed E-state index contributed by atoms with van der Waals surface area (Å²) in [6.07, 6.45) is -0.154. The van der Waals surface area contributed by atoms with E-state index in [0.717, 1.165) is 30.9 Å². The van der Waals surface area contributed by atoms with Gasteiger partial charge >= 0.3 is 5.97 Å². The minimum atomic E-state index is -0.962. The van der Waals surface area contributed by atoms with E-state index in [9.17, 15) is 9.59 Å². The molecule has 1 rings (SSSR count). The van der Waals surface area contributed by atoms with Gasteiger partial charge in [0.25, 0.3) is 0 Å². The molecule has 110 valence electrons. The molecule has 0 atom stereocenters. The molecule has 0 heterocycles. The number of nitrogens with zero attached hydrogens (tertiary/aromatic N) is 1. The molecule has 0 aliphatic carbocycles. The molecule has 0 unspecified atom stereocenters. The molecule has 0 aliphatic rings. The van der Waals surface area contributed by atoms with Crippen LogP contribution in [0.3, 0.4) is 0 Å². The van der Waals surface area contributed by atoms with Gasteiger partial charge in [0.05, 0.1) is 6.42 Å². The highest BCUT2D eigenvalue weighted by atomic mass is 16.4. The number of hydrogen-bond donors (Lipinski definition) is 2. The summed E-state index contributed by atoms with van der Waals surface area (Å²) in [5.74, 6) is -1.23. The Labute approximate surface area is 119 Å². The number of aliphatic carboxylic acids is 1. The number of carboxylic acid groups (broad SMARTS) is 1. The van der Waals surface area contributed by atoms with E-state index in [4.69, 9.17) is 5.11 Å². The van der Waals surface area contributed by atoms with Gasteiger partial charge in [-0.1, -0.05) is 32.0 Å². The van der Waals surface area contributed by atoms with Crippen molar-refractivity contribution in [2.24, 2.45) is 0 Å². The minimum Gasteiger partial charge on any atom is -0.481 e. The maximum atomic E-state index is 11.7. The predicted octanol–water partition coefficient (Wildman–Crippen LogP) is 2.33. The second kappa shape index (κ2) is 8.32. The van der Waals surface area contributed by atoms with Crippen LogP contribution in [0.2, 0.25) is 0 Å². The smallest absolute Gasteiger partial charge is 0.303 e. The van der Waals surface area contributed by atoms with Crippen molar-refractivity contribution in [1.82, 2.24) is 4.90 Å². The number of rotatable bonds is 8. The van der Waals surface area contributed by atoms with Gasteiger partial charge in [-0.15, -0.1) is 0 Å². The number of para-hydroxylation sites is 1. The van der Waals surface area contributed by atoms with Gasteiger partial charge < -0.3 is 10.4 Å². The van der Waals surface area contributed by atoms with E-state index in [1.807, 2.05) is 24.3 Å². The molecule has 0 aliphatic heterocycles. The van der Waals surface area contributed by atoms with Gasteiger partial charge in [-0.05, 0) is 24.7 Å². The SMILES string of the molecule is CCN(CC)Cc1ccccc1NC(=O)CCC(=O)O. The fraction of sp³-hybridized carbons (Fsp3) is 0.467. The molecule has 0 fully saturated rings. The van der Waals surface area contributed by atoms with E-state index < -0.39 is 5.97 Å². The predicted molar refractivity (Wildman–Crippen MR) is 78.6 cm³/mol. The number of carbonyl (C=O) groups is 2. The van der Waals surface area contributed by atoms with Crippen LogP contribution < -0.4 is 5.32 Å². The fourth-order valence-electron chi connectivity index (χ4n) is 1.90. The molecular formula is C15H22N2O3. The topological polar surface area (TPSA) is 69.6 Å². The number of amides is 1. The quantitative estimate of drug-likeness (QED) is 0.765. The van der Waals surface area contributed by atoms with Crippen molar-refractivity contribution in [3.05, 3.63) is 29.8 Å². The molecule has 0 spiro atoms. The number of carbonyl (C=O) groups excluding carboxylic acids is 1. The standard InChI is InChI=1S/C15H22N2O3/c1-3-17(4-2)11-12-7-5-6-8-13(12)16-14(18)9-10-15(19)20/h5-8H,3-4,9-11H2,1-2H3,(H,16,18)(H,19,20). The van der Waals surface area contributed by atoms with Gasteiger partial charge in [0.2, 0.25) is 5.91 Å². The first-order valence-corrected chi connectivity index (χ1v) is 6.88. The molecule has 2 N–H and O–H groups in total. The van der Waals surface area contributed by atoms with E-state index in [1.54, 1.807) is 0 Å². The first kappa shape index (κ1) is 16.2. The first-order valence-electron chi connectivity index (χ1n) is 6.88. The summed E-state index contributed by atoms with van der Waals surface area (Å²) in [6.45, 7) is 6.84. The van der Waals surface area contributed by atoms with Crippen molar-refractivity contribution in [2.45, 2.75) is 33.2 Å². The molecular weight excluding hydrogens is 256 g/mol. The summed E-state index contributed by atoms with van der Waals surface area (Å²) in [7, 11) is 0. The monoisotopic (exact) mass is 278 g/mol. The molecule has 0 saturated heterocycles. The van der Waals surface area contributed by atoms with Crippen LogP contribution in [-0.2, 0) is 16.1 Å². The number of nitrogens with one attached hydrogen (secondary N) is 1. The van der Waals surface area contributed by atoms with Crippen LogP contribution >= 0.6 is 0 Å². The van der Waals surface area contributed by atoms with Crippen LogP contribution in [0.5, 0.6) is 0 Å². The van der Waals surface area contributed by atoms with Gasteiger partial charge in [0, 0.05) is 18.7 Å². The Morgan fingerprint density at radius 2 is 1.80 bits per heavy atom. The van der Waals surface area contributed by atoms with E-state index in [-0.39, 0.29) is 18.7 Å². The maximum Gasteiger partial charge on any atom is 0.303 e. The largest absolute Gasteiger partial charge is 0.481 e. The minimum absolute atomic E-state index is 0.00502. The second-order valence-electron chi connectivity index (χ2n) is 4.56. The van der Waals surface area contributed by atoms with Crippen molar-refractivity contribution < 1.29 is 14.7 Å². The van der Waals surface area contributed by atoms with E-state index >= 15 is 0 Å². The maximum absolute atomic E-state index is 11.7. The van der Waals surface area contributed by atoms with E-state index in [1.165, 1.54) is 0 Å². The Bertz CT molecular complexity index is 456. The summed E-state index contributed by atoms with van der Waals surface area (Å²) in [5.41, 5.74) is 1.80. The molecule has 0 saturated carbocycles. The van der Waals surface area contributed by atoms with Crippen LogP contribution in [0.4, 0.5) is 5.69 Å². The molecule has 0 aromatic heterocycles. The summed E-state index contributed by atoms with van der Waals surface area (Å²) >= 11 is 0. The number of carboxylic acids is 1. The third-order valence-electron chi connectivity index (χ3n) is 3.15. The zero-order chi connectivity index (χ0) is 15.0. The zero-order valence-electron chi connectivity index (χ0n) is 12.1. The summed E-state index contributed by atoms with van der Waals surface area (Å²) < 4.78 is 0. The van der Waals surface area contributed by atoms with Gasteiger partial charge in [0.15, 0.2) is 0 Å². The van der Waals surface area contributed by atoms with Crippen molar-refractivity contribution in [2.75, 3.05) is 18.4 Å². The highest BCUT2D eigenvalue weighted by Gasteiger charge is 2.10. The summed E-state index contributed by atoms with van der Waals surface area (Å²) in [4.78, 5) is 24.4. The Morgan fingerprint density at radius 1 is 1.15 bits per heavy atom. The number of hydrogen-bond acceptors (Lipinski definition) is 3. The second-order valence-corrected chi connectivity index (χ2v) is 4.56. The van der Waals surface area contributed by atoms with Crippen LogP contribution in [0, 0.1) is 0 Å². The van der Waals surface area contributed by atoms with Gasteiger partial charge in [0.1, 0.15) is 0 Å². The summed E-state index contributed by atoms with van der Waals surface area (Å²) in [5, 5.41) is 11.4. The van der Waals surface area contributed by atoms with Crippen LogP contribution in [0.15, 0.2) is 24.3 Å². The lowest BCUT2D eigenvalue weighted by molar-refractivity contribution is -0.138. The molecule has 5 heteroatoms. The lowest BCUT2D eigenvalue weighted by Gasteiger charge is -2.20. The van der Waals surface area contributed by atoms with Crippen LogP contribution in [0.25, 0.3) is 0 Å². The third kappa shape index (κ3) is 5.40. The molecule has 5 nitrogen and oxygen atoms in total. The van der Waals surface area contributed by atoms with E-state index in [0.29, 0.717) is 0 Å². The first-order chi connectivity index (χ1) is 9.56.